The summed E-state index contributed by atoms with van der Waals surface area (Å²) in [5.41, 5.74) is 0. The van der Waals surface area contributed by atoms with Gasteiger partial charge in [0, 0.05) is 0 Å². The molecule has 0 saturated heterocycles. The Morgan fingerprint density at radius 1 is 1.83 bits per heavy atom. The Bertz CT molecular complexity index is 104. The average Bonchev–Trinajstić information content (AvgIpc) is 1.35. The molecule has 6 heavy (non-hydrogen) atoms. The van der Waals surface area contributed by atoms with Crippen molar-refractivity contribution in [3.8, 4) is 0 Å². The predicted molar refractivity (Wildman–Crippen MR) is 19.3 cm³/mol. The number of carbonyl (C=O) groups is 1. The van der Waals surface area contributed by atoms with Gasteiger partial charge in [0.15, 0.2) is 5.81 Å². The first-order chi connectivity index (χ1) is 2.77. The Balaban J connectivity index is 3.60. The molecular weight excluding hydrogens is 80.8 g/mol. The maximum absolute atomic E-state index is 9.39. The molecule has 0 N–H and O–H groups in total. The zero-order chi connectivity index (χ0) is 4.99. The molecule has 3 nitrogen and oxygen atoms in total. The minimum Gasteiger partial charge on any atom is -0.286 e. The van der Waals surface area contributed by atoms with Gasteiger partial charge < -0.3 is 0 Å². The summed E-state index contributed by atoms with van der Waals surface area (Å²) in [7, 11) is 4.33. The van der Waals surface area contributed by atoms with Gasteiger partial charge in [0.1, 0.15) is 0 Å². The number of carbonyl (C=O) groups excluding carboxylic acids is 2. The maximum atomic E-state index is 9.39. The highest BCUT2D eigenvalue weighted by molar-refractivity contribution is 6.57. The summed E-state index contributed by atoms with van der Waals surface area (Å²) < 4.78 is 0. The van der Waals surface area contributed by atoms with Crippen molar-refractivity contribution in [1.82, 2.24) is 0 Å². The van der Waals surface area contributed by atoms with Gasteiger partial charge in [0.2, 0.25) is 13.9 Å². The van der Waals surface area contributed by atoms with Crippen molar-refractivity contribution in [2.24, 2.45) is 4.99 Å². The normalized spacial score (nSPS) is 6.00. The van der Waals surface area contributed by atoms with Gasteiger partial charge in [-0.1, -0.05) is 0 Å². The van der Waals surface area contributed by atoms with E-state index >= 15 is 0 Å². The molecule has 0 aromatic heterocycles. The van der Waals surface area contributed by atoms with Gasteiger partial charge in [-0.2, -0.15) is 0 Å². The summed E-state index contributed by atoms with van der Waals surface area (Å²) in [6.45, 7) is 0. The summed E-state index contributed by atoms with van der Waals surface area (Å²) in [5.74, 6) is -1.01. The molecule has 0 aromatic carbocycles. The van der Waals surface area contributed by atoms with Gasteiger partial charge in [-0.25, -0.2) is 4.79 Å². The van der Waals surface area contributed by atoms with Crippen LogP contribution >= 0.6 is 0 Å². The molecule has 0 aliphatic carbocycles. The van der Waals surface area contributed by atoms with Crippen molar-refractivity contribution >= 4 is 19.7 Å². The highest BCUT2D eigenvalue weighted by atomic mass is 16.2. The smallest absolute Gasteiger partial charge is 0.242 e. The van der Waals surface area contributed by atoms with Crippen LogP contribution in [0, 0.1) is 0 Å². The molecule has 0 saturated carbocycles. The van der Waals surface area contributed by atoms with Crippen molar-refractivity contribution in [1.29, 1.82) is 0 Å². The molecule has 4 heteroatoms. The monoisotopic (exact) mass is 81.0 g/mol. The molecule has 0 fully saturated rings. The lowest BCUT2D eigenvalue weighted by molar-refractivity contribution is 0.266. The van der Waals surface area contributed by atoms with Crippen molar-refractivity contribution in [2.75, 3.05) is 0 Å². The first-order valence-electron chi connectivity index (χ1n) is 1.14. The van der Waals surface area contributed by atoms with E-state index in [0.29, 0.717) is 0 Å². The largest absolute Gasteiger partial charge is 0.286 e. The molecule has 0 unspecified atom stereocenters. The third-order valence-electron chi connectivity index (χ3n) is 0.156. The second-order valence-corrected chi connectivity index (χ2v) is 0.541. The molecule has 0 atom stereocenters. The van der Waals surface area contributed by atoms with E-state index in [1.807, 2.05) is 0 Å². The molecule has 1 amide bonds. The SMILES string of the molecule is [B]C(=O)N=C=O. The zero-order valence-electron chi connectivity index (χ0n) is 2.84. The van der Waals surface area contributed by atoms with Crippen molar-refractivity contribution in [3.05, 3.63) is 0 Å². The molecule has 0 aliphatic rings. The number of nitrogens with zero attached hydrogens (tertiary/aromatic N) is 1. The predicted octanol–water partition coefficient (Wildman–Crippen LogP) is -0.389. The van der Waals surface area contributed by atoms with E-state index < -0.39 is 5.81 Å². The van der Waals surface area contributed by atoms with Crippen LogP contribution in [-0.4, -0.2) is 19.7 Å². The Morgan fingerprint density at radius 3 is 2.33 bits per heavy atom. The first-order valence-corrected chi connectivity index (χ1v) is 1.14. The van der Waals surface area contributed by atoms with Crippen LogP contribution in [0.2, 0.25) is 0 Å². The third kappa shape index (κ3) is 3.11. The van der Waals surface area contributed by atoms with Crippen molar-refractivity contribution < 1.29 is 9.59 Å². The summed E-state index contributed by atoms with van der Waals surface area (Å²) in [6, 6.07) is 0. The number of amides is 1. The van der Waals surface area contributed by atoms with E-state index in [1.165, 1.54) is 0 Å². The molecule has 0 aromatic rings. The number of isocyanates is 1. The van der Waals surface area contributed by atoms with Gasteiger partial charge in [0.05, 0.1) is 0 Å². The van der Waals surface area contributed by atoms with Crippen LogP contribution in [0.5, 0.6) is 0 Å². The second kappa shape index (κ2) is 2.36. The van der Waals surface area contributed by atoms with Gasteiger partial charge >= 0.3 is 0 Å². The topological polar surface area (TPSA) is 46.5 Å². The van der Waals surface area contributed by atoms with Gasteiger partial charge in [-0.05, 0) is 0 Å². The molecule has 0 spiro atoms. The third-order valence-corrected chi connectivity index (χ3v) is 0.156. The van der Waals surface area contributed by atoms with E-state index in [4.69, 9.17) is 4.79 Å². The highest BCUT2D eigenvalue weighted by Gasteiger charge is 1.75. The van der Waals surface area contributed by atoms with Crippen LogP contribution in [0.15, 0.2) is 4.99 Å². The Hall–Kier alpha value is -0.885. The molecule has 2 radical (unpaired) electrons. The molecule has 0 heterocycles. The minimum atomic E-state index is -1.01. The van der Waals surface area contributed by atoms with Crippen molar-refractivity contribution in [3.63, 3.8) is 0 Å². The Morgan fingerprint density at radius 2 is 2.33 bits per heavy atom. The fourth-order valence-corrected chi connectivity index (χ4v) is 0.0450. The lowest BCUT2D eigenvalue weighted by Crippen LogP contribution is -1.82. The van der Waals surface area contributed by atoms with E-state index in [1.54, 1.807) is 0 Å². The fraction of sp³-hybridized carbons (Fsp3) is 0. The van der Waals surface area contributed by atoms with E-state index in [0.717, 1.165) is 6.08 Å². The molecule has 0 bridgehead atoms. The van der Waals surface area contributed by atoms with Crippen LogP contribution in [0.1, 0.15) is 0 Å². The van der Waals surface area contributed by atoms with E-state index in [9.17, 15) is 4.79 Å². The molecular formula is C2BNO2. The van der Waals surface area contributed by atoms with Crippen LogP contribution < -0.4 is 0 Å². The average molecular weight is 80.8 g/mol. The Labute approximate surface area is 35.5 Å². The molecule has 28 valence electrons. The standard InChI is InChI=1S/C2BNO2/c3-2(6)4-1-5. The lowest BCUT2D eigenvalue weighted by atomic mass is 10.1. The minimum absolute atomic E-state index is 0.968. The zero-order valence-corrected chi connectivity index (χ0v) is 2.84. The lowest BCUT2D eigenvalue weighted by Gasteiger charge is -1.61. The summed E-state index contributed by atoms with van der Waals surface area (Å²) in [5, 5.41) is 0. The van der Waals surface area contributed by atoms with Crippen molar-refractivity contribution in [2.45, 2.75) is 0 Å². The number of aliphatic imine (C=N–C) groups is 1. The summed E-state index contributed by atoms with van der Waals surface area (Å²) >= 11 is 0. The summed E-state index contributed by atoms with van der Waals surface area (Å²) in [4.78, 5) is 20.9. The van der Waals surface area contributed by atoms with Crippen LogP contribution in [0.4, 0.5) is 4.79 Å². The molecule has 0 rings (SSSR count). The van der Waals surface area contributed by atoms with E-state index in [2.05, 4.69) is 12.8 Å². The molecule has 0 aliphatic heterocycles. The van der Waals surface area contributed by atoms with Crippen LogP contribution in [0.3, 0.4) is 0 Å². The number of hydrogen-bond donors (Lipinski definition) is 0. The first kappa shape index (κ1) is 5.11. The van der Waals surface area contributed by atoms with Gasteiger partial charge in [-0.15, -0.1) is 4.99 Å². The van der Waals surface area contributed by atoms with Gasteiger partial charge in [-0.3, -0.25) is 4.79 Å². The quantitative estimate of drug-likeness (QED) is 0.226. The second-order valence-electron chi connectivity index (χ2n) is 0.541. The van der Waals surface area contributed by atoms with Crippen LogP contribution in [0.25, 0.3) is 0 Å². The summed E-state index contributed by atoms with van der Waals surface area (Å²) in [6.07, 6.45) is 0.968. The van der Waals surface area contributed by atoms with Crippen LogP contribution in [-0.2, 0) is 4.79 Å². The number of rotatable bonds is 0. The number of hydrogen-bond acceptors (Lipinski definition) is 2. The van der Waals surface area contributed by atoms with E-state index in [-0.39, 0.29) is 0 Å². The highest BCUT2D eigenvalue weighted by Crippen LogP contribution is 1.60. The fourth-order valence-electron chi connectivity index (χ4n) is 0.0450. The van der Waals surface area contributed by atoms with Gasteiger partial charge in [0.25, 0.3) is 0 Å². The Kier molecular flexibility index (Phi) is 2.01. The maximum Gasteiger partial charge on any atom is 0.242 e.